The number of hydrogen-bond acceptors (Lipinski definition) is 4. The summed E-state index contributed by atoms with van der Waals surface area (Å²) in [5.74, 6) is -0.156. The highest BCUT2D eigenvalue weighted by Gasteiger charge is 2.62. The Bertz CT molecular complexity index is 258. The van der Waals surface area contributed by atoms with Gasteiger partial charge in [-0.2, -0.15) is 0 Å². The molecule has 0 aromatic heterocycles. The van der Waals surface area contributed by atoms with Crippen LogP contribution in [0.1, 0.15) is 33.1 Å². The van der Waals surface area contributed by atoms with Crippen molar-refractivity contribution in [1.82, 2.24) is 0 Å². The molecule has 1 aliphatic rings. The fraction of sp³-hybridized carbons (Fsp3) is 0.917. The fourth-order valence-electron chi connectivity index (χ4n) is 2.45. The number of carbonyl (C=O) groups is 1. The second-order valence-corrected chi connectivity index (χ2v) is 5.20. The molecule has 0 aromatic rings. The van der Waals surface area contributed by atoms with Gasteiger partial charge in [-0.15, -0.1) is 0 Å². The lowest BCUT2D eigenvalue weighted by molar-refractivity contribution is -0.146. The first-order valence-corrected chi connectivity index (χ1v) is 5.53. The summed E-state index contributed by atoms with van der Waals surface area (Å²) in [6, 6.07) is 0. The van der Waals surface area contributed by atoms with E-state index in [9.17, 15) is 4.79 Å². The molecule has 0 aromatic carbocycles. The minimum atomic E-state index is -0.244. The van der Waals surface area contributed by atoms with E-state index >= 15 is 0 Å². The van der Waals surface area contributed by atoms with E-state index in [4.69, 9.17) is 14.2 Å². The zero-order chi connectivity index (χ0) is 12.4. The third-order valence-electron chi connectivity index (χ3n) is 3.88. The Balaban J connectivity index is 2.65. The first kappa shape index (κ1) is 13.5. The van der Waals surface area contributed by atoms with Crippen molar-refractivity contribution in [3.05, 3.63) is 0 Å². The van der Waals surface area contributed by atoms with Gasteiger partial charge in [-0.25, -0.2) is 0 Å². The summed E-state index contributed by atoms with van der Waals surface area (Å²) in [5.41, 5.74) is 0.132. The third kappa shape index (κ3) is 2.55. The lowest BCUT2D eigenvalue weighted by Crippen LogP contribution is -2.24. The van der Waals surface area contributed by atoms with E-state index in [0.717, 1.165) is 12.8 Å². The quantitative estimate of drug-likeness (QED) is 0.517. The molecule has 0 unspecified atom stereocenters. The normalized spacial score (nSPS) is 26.9. The van der Waals surface area contributed by atoms with Crippen LogP contribution in [0.2, 0.25) is 0 Å². The average Bonchev–Trinajstić information content (AvgIpc) is 2.76. The smallest absolute Gasteiger partial charge is 0.306 e. The lowest BCUT2D eigenvalue weighted by Gasteiger charge is -2.23. The Kier molecular flexibility index (Phi) is 3.97. The Hall–Kier alpha value is -0.610. The van der Waals surface area contributed by atoms with Crippen molar-refractivity contribution in [2.75, 3.05) is 21.3 Å². The standard InChI is InChI=1S/C12H22O4/c1-11(2)8-12(11,6-9(13)14-3)7-10(15-4)16-5/h10H,6-8H2,1-5H3/t12-/m0/s1. The highest BCUT2D eigenvalue weighted by molar-refractivity contribution is 5.71. The molecule has 0 radical (unpaired) electrons. The van der Waals surface area contributed by atoms with Crippen molar-refractivity contribution in [1.29, 1.82) is 0 Å². The minimum absolute atomic E-state index is 0.0310. The van der Waals surface area contributed by atoms with Crippen molar-refractivity contribution in [2.45, 2.75) is 39.4 Å². The SMILES string of the molecule is COC(=O)C[C@]1(CC(OC)OC)CC1(C)C. The molecule has 0 spiro atoms. The van der Waals surface area contributed by atoms with Crippen molar-refractivity contribution in [3.8, 4) is 0 Å². The molecule has 16 heavy (non-hydrogen) atoms. The van der Waals surface area contributed by atoms with E-state index in [1.807, 2.05) is 0 Å². The summed E-state index contributed by atoms with van der Waals surface area (Å²) in [7, 11) is 4.67. The van der Waals surface area contributed by atoms with Gasteiger partial charge in [0, 0.05) is 20.6 Å². The molecule has 0 heterocycles. The van der Waals surface area contributed by atoms with E-state index in [1.165, 1.54) is 7.11 Å². The van der Waals surface area contributed by atoms with Crippen LogP contribution < -0.4 is 0 Å². The fourth-order valence-corrected chi connectivity index (χ4v) is 2.45. The molecule has 1 fully saturated rings. The van der Waals surface area contributed by atoms with Crippen LogP contribution in [0.3, 0.4) is 0 Å². The van der Waals surface area contributed by atoms with Gasteiger partial charge in [-0.05, 0) is 17.3 Å². The lowest BCUT2D eigenvalue weighted by atomic mass is 9.88. The van der Waals surface area contributed by atoms with Crippen LogP contribution >= 0.6 is 0 Å². The summed E-state index contributed by atoms with van der Waals surface area (Å²) in [6.45, 7) is 4.33. The third-order valence-corrected chi connectivity index (χ3v) is 3.88. The summed E-state index contributed by atoms with van der Waals surface area (Å²) < 4.78 is 15.2. The Labute approximate surface area is 97.2 Å². The van der Waals surface area contributed by atoms with Gasteiger partial charge in [-0.3, -0.25) is 4.79 Å². The van der Waals surface area contributed by atoms with Gasteiger partial charge in [-0.1, -0.05) is 13.8 Å². The van der Waals surface area contributed by atoms with Gasteiger partial charge in [0.05, 0.1) is 13.5 Å². The minimum Gasteiger partial charge on any atom is -0.469 e. The molecular formula is C12H22O4. The number of ether oxygens (including phenoxy) is 3. The van der Waals surface area contributed by atoms with E-state index in [-0.39, 0.29) is 23.1 Å². The van der Waals surface area contributed by atoms with Gasteiger partial charge >= 0.3 is 5.97 Å². The summed E-state index contributed by atoms with van der Waals surface area (Å²) >= 11 is 0. The van der Waals surface area contributed by atoms with Crippen LogP contribution in [-0.4, -0.2) is 33.6 Å². The van der Waals surface area contributed by atoms with Crippen LogP contribution in [0.5, 0.6) is 0 Å². The molecule has 1 aliphatic carbocycles. The maximum Gasteiger partial charge on any atom is 0.306 e. The van der Waals surface area contributed by atoms with E-state index in [2.05, 4.69) is 13.8 Å². The van der Waals surface area contributed by atoms with Crippen LogP contribution in [0.25, 0.3) is 0 Å². The monoisotopic (exact) mass is 230 g/mol. The van der Waals surface area contributed by atoms with Crippen LogP contribution in [0.15, 0.2) is 0 Å². The summed E-state index contributed by atoms with van der Waals surface area (Å²) in [5, 5.41) is 0. The second-order valence-electron chi connectivity index (χ2n) is 5.20. The largest absolute Gasteiger partial charge is 0.469 e. The molecule has 94 valence electrons. The topological polar surface area (TPSA) is 44.8 Å². The zero-order valence-electron chi connectivity index (χ0n) is 10.8. The average molecular weight is 230 g/mol. The predicted octanol–water partition coefficient (Wildman–Crippen LogP) is 1.97. The van der Waals surface area contributed by atoms with Crippen LogP contribution in [0, 0.1) is 10.8 Å². The summed E-state index contributed by atoms with van der Waals surface area (Å²) in [6.07, 6.45) is 1.95. The Morgan fingerprint density at radius 3 is 2.06 bits per heavy atom. The first-order valence-electron chi connectivity index (χ1n) is 5.53. The van der Waals surface area contributed by atoms with Crippen molar-refractivity contribution < 1.29 is 19.0 Å². The van der Waals surface area contributed by atoms with Gasteiger partial charge in [0.1, 0.15) is 0 Å². The van der Waals surface area contributed by atoms with Crippen molar-refractivity contribution in [2.24, 2.45) is 10.8 Å². The molecule has 4 nitrogen and oxygen atoms in total. The van der Waals surface area contributed by atoms with E-state index in [1.54, 1.807) is 14.2 Å². The van der Waals surface area contributed by atoms with Crippen LogP contribution in [-0.2, 0) is 19.0 Å². The maximum absolute atomic E-state index is 11.4. The molecule has 0 amide bonds. The van der Waals surface area contributed by atoms with Gasteiger partial charge in [0.2, 0.25) is 0 Å². The van der Waals surface area contributed by atoms with E-state index < -0.39 is 0 Å². The number of carbonyl (C=O) groups excluding carboxylic acids is 1. The zero-order valence-corrected chi connectivity index (χ0v) is 10.8. The van der Waals surface area contributed by atoms with Gasteiger partial charge < -0.3 is 14.2 Å². The number of esters is 1. The Morgan fingerprint density at radius 1 is 1.25 bits per heavy atom. The highest BCUT2D eigenvalue weighted by Crippen LogP contribution is 2.68. The molecule has 0 saturated heterocycles. The Morgan fingerprint density at radius 2 is 1.75 bits per heavy atom. The predicted molar refractivity (Wildman–Crippen MR) is 59.9 cm³/mol. The first-order chi connectivity index (χ1) is 7.40. The molecule has 1 saturated carbocycles. The van der Waals surface area contributed by atoms with Gasteiger partial charge in [0.25, 0.3) is 0 Å². The summed E-state index contributed by atoms with van der Waals surface area (Å²) in [4.78, 5) is 11.4. The number of rotatable bonds is 6. The van der Waals surface area contributed by atoms with E-state index in [0.29, 0.717) is 6.42 Å². The number of hydrogen-bond donors (Lipinski definition) is 0. The molecule has 0 aliphatic heterocycles. The highest BCUT2D eigenvalue weighted by atomic mass is 16.7. The van der Waals surface area contributed by atoms with Crippen molar-refractivity contribution in [3.63, 3.8) is 0 Å². The maximum atomic E-state index is 11.4. The van der Waals surface area contributed by atoms with Gasteiger partial charge in [0.15, 0.2) is 6.29 Å². The van der Waals surface area contributed by atoms with Crippen molar-refractivity contribution >= 4 is 5.97 Å². The molecule has 1 atom stereocenters. The molecule has 4 heteroatoms. The number of methoxy groups -OCH3 is 3. The molecule has 0 N–H and O–H groups in total. The molecule has 0 bridgehead atoms. The van der Waals surface area contributed by atoms with Crippen LogP contribution in [0.4, 0.5) is 0 Å². The molecule has 1 rings (SSSR count). The molecular weight excluding hydrogens is 208 g/mol. The second kappa shape index (κ2) is 4.72.